The van der Waals surface area contributed by atoms with Crippen LogP contribution in [0.3, 0.4) is 0 Å². The zero-order chi connectivity index (χ0) is 13.0. The van der Waals surface area contributed by atoms with Gasteiger partial charge >= 0.3 is 0 Å². The molecule has 0 radical (unpaired) electrons. The fourth-order valence-electron chi connectivity index (χ4n) is 2.07. The van der Waals surface area contributed by atoms with E-state index < -0.39 is 0 Å². The second-order valence-corrected chi connectivity index (χ2v) is 5.21. The van der Waals surface area contributed by atoms with Crippen LogP contribution in [0, 0.1) is 0 Å². The van der Waals surface area contributed by atoms with Crippen molar-refractivity contribution in [2.24, 2.45) is 5.73 Å². The summed E-state index contributed by atoms with van der Waals surface area (Å²) in [4.78, 5) is 0. The third kappa shape index (κ3) is 2.94. The Hall–Kier alpha value is -1.26. The minimum Gasteiger partial charge on any atom is -0.486 e. The summed E-state index contributed by atoms with van der Waals surface area (Å²) >= 11 is 0. The van der Waals surface area contributed by atoms with Gasteiger partial charge in [-0.15, -0.1) is 0 Å². The summed E-state index contributed by atoms with van der Waals surface area (Å²) < 4.78 is 11.2. The minimum absolute atomic E-state index is 0.0466. The highest BCUT2D eigenvalue weighted by Gasteiger charge is 2.22. The third-order valence-corrected chi connectivity index (χ3v) is 3.21. The van der Waals surface area contributed by atoms with Crippen LogP contribution in [0.15, 0.2) is 18.2 Å². The molecule has 3 N–H and O–H groups in total. The fraction of sp³-hybridized carbons (Fsp3) is 0.571. The number of nitrogens with two attached hydrogens (primary N) is 1. The van der Waals surface area contributed by atoms with Crippen molar-refractivity contribution in [3.63, 3.8) is 0 Å². The molecule has 0 spiro atoms. The minimum atomic E-state index is 0.0466. The molecule has 4 nitrogen and oxygen atoms in total. The van der Waals surface area contributed by atoms with Crippen molar-refractivity contribution < 1.29 is 9.47 Å². The summed E-state index contributed by atoms with van der Waals surface area (Å²) in [6, 6.07) is 6.19. The van der Waals surface area contributed by atoms with Gasteiger partial charge in [0.1, 0.15) is 13.2 Å². The molecule has 2 rings (SSSR count). The molecule has 0 amide bonds. The van der Waals surface area contributed by atoms with Crippen LogP contribution >= 0.6 is 0 Å². The molecule has 1 heterocycles. The first-order valence-corrected chi connectivity index (χ1v) is 6.44. The molecule has 1 aliphatic heterocycles. The summed E-state index contributed by atoms with van der Waals surface area (Å²) in [7, 11) is 0. The Morgan fingerprint density at radius 2 is 1.94 bits per heavy atom. The molecular formula is C14H22N2O2. The Bertz CT molecular complexity index is 405. The second-order valence-electron chi connectivity index (χ2n) is 5.21. The lowest BCUT2D eigenvalue weighted by atomic mass is 9.84. The van der Waals surface area contributed by atoms with Crippen LogP contribution in [0.5, 0.6) is 11.5 Å². The number of nitrogens with one attached hydrogen (secondary N) is 1. The van der Waals surface area contributed by atoms with Crippen LogP contribution in [0.25, 0.3) is 0 Å². The van der Waals surface area contributed by atoms with Crippen LogP contribution in [0.4, 0.5) is 0 Å². The van der Waals surface area contributed by atoms with Crippen molar-refractivity contribution >= 4 is 0 Å². The molecule has 1 aliphatic rings. The molecule has 1 aromatic rings. The highest BCUT2D eigenvalue weighted by molar-refractivity contribution is 5.45. The maximum Gasteiger partial charge on any atom is 0.161 e. The van der Waals surface area contributed by atoms with E-state index in [1.165, 1.54) is 5.56 Å². The van der Waals surface area contributed by atoms with E-state index in [-0.39, 0.29) is 5.41 Å². The molecule has 1 aromatic carbocycles. The standard InChI is InChI=1S/C14H22N2O2/c1-14(2,10-16-6-5-15)11-3-4-12-13(9-11)18-8-7-17-12/h3-4,9,16H,5-8,10,15H2,1-2H3. The van der Waals surface area contributed by atoms with E-state index in [4.69, 9.17) is 15.2 Å². The molecule has 100 valence electrons. The van der Waals surface area contributed by atoms with Crippen molar-refractivity contribution in [3.05, 3.63) is 23.8 Å². The molecule has 0 aliphatic carbocycles. The predicted octanol–water partition coefficient (Wildman–Crippen LogP) is 1.28. The fourth-order valence-corrected chi connectivity index (χ4v) is 2.07. The lowest BCUT2D eigenvalue weighted by Gasteiger charge is -2.27. The van der Waals surface area contributed by atoms with E-state index in [2.05, 4.69) is 31.3 Å². The van der Waals surface area contributed by atoms with Crippen LogP contribution in [0.2, 0.25) is 0 Å². The Morgan fingerprint density at radius 1 is 1.22 bits per heavy atom. The van der Waals surface area contributed by atoms with Crippen molar-refractivity contribution in [1.82, 2.24) is 5.32 Å². The van der Waals surface area contributed by atoms with Gasteiger partial charge in [-0.1, -0.05) is 19.9 Å². The van der Waals surface area contributed by atoms with E-state index in [1.807, 2.05) is 6.07 Å². The normalized spacial score (nSPS) is 14.6. The summed E-state index contributed by atoms with van der Waals surface area (Å²) in [6.07, 6.45) is 0. The molecule has 4 heteroatoms. The van der Waals surface area contributed by atoms with E-state index in [1.54, 1.807) is 0 Å². The van der Waals surface area contributed by atoms with E-state index in [0.29, 0.717) is 19.8 Å². The van der Waals surface area contributed by atoms with Crippen molar-refractivity contribution in [1.29, 1.82) is 0 Å². The van der Waals surface area contributed by atoms with Gasteiger partial charge in [-0.3, -0.25) is 0 Å². The number of hydrogen-bond donors (Lipinski definition) is 2. The molecule has 0 fully saturated rings. The Kier molecular flexibility index (Phi) is 4.09. The maximum absolute atomic E-state index is 5.62. The first-order valence-electron chi connectivity index (χ1n) is 6.44. The smallest absolute Gasteiger partial charge is 0.161 e. The molecular weight excluding hydrogens is 228 g/mol. The highest BCUT2D eigenvalue weighted by atomic mass is 16.6. The van der Waals surface area contributed by atoms with Gasteiger partial charge in [-0.2, -0.15) is 0 Å². The summed E-state index contributed by atoms with van der Waals surface area (Å²) in [5.74, 6) is 1.70. The largest absolute Gasteiger partial charge is 0.486 e. The molecule has 18 heavy (non-hydrogen) atoms. The van der Waals surface area contributed by atoms with Crippen LogP contribution in [0.1, 0.15) is 19.4 Å². The molecule has 0 saturated carbocycles. The molecule has 0 atom stereocenters. The molecule has 0 bridgehead atoms. The van der Waals surface area contributed by atoms with Gasteiger partial charge in [0.05, 0.1) is 0 Å². The Labute approximate surface area is 108 Å². The van der Waals surface area contributed by atoms with Gasteiger partial charge in [-0.25, -0.2) is 0 Å². The topological polar surface area (TPSA) is 56.5 Å². The van der Waals surface area contributed by atoms with Crippen LogP contribution in [-0.2, 0) is 5.41 Å². The molecule has 0 unspecified atom stereocenters. The quantitative estimate of drug-likeness (QED) is 0.773. The lowest BCUT2D eigenvalue weighted by Crippen LogP contribution is -2.35. The second kappa shape index (κ2) is 5.59. The zero-order valence-corrected chi connectivity index (χ0v) is 11.2. The highest BCUT2D eigenvalue weighted by Crippen LogP contribution is 2.34. The van der Waals surface area contributed by atoms with Crippen molar-refractivity contribution in [2.45, 2.75) is 19.3 Å². The number of rotatable bonds is 5. The lowest BCUT2D eigenvalue weighted by molar-refractivity contribution is 0.171. The van der Waals surface area contributed by atoms with Crippen molar-refractivity contribution in [3.8, 4) is 11.5 Å². The summed E-state index contributed by atoms with van der Waals surface area (Å²) in [6.45, 7) is 8.08. The van der Waals surface area contributed by atoms with E-state index in [9.17, 15) is 0 Å². The summed E-state index contributed by atoms with van der Waals surface area (Å²) in [5, 5.41) is 3.36. The molecule has 0 saturated heterocycles. The van der Waals surface area contributed by atoms with Gasteiger partial charge < -0.3 is 20.5 Å². The average Bonchev–Trinajstić information content (AvgIpc) is 2.38. The molecule has 0 aromatic heterocycles. The first kappa shape index (κ1) is 13.2. The van der Waals surface area contributed by atoms with Crippen molar-refractivity contribution in [2.75, 3.05) is 32.8 Å². The predicted molar refractivity (Wildman–Crippen MR) is 72.4 cm³/mol. The third-order valence-electron chi connectivity index (χ3n) is 3.21. The number of fused-ring (bicyclic) bond motifs is 1. The first-order chi connectivity index (χ1) is 8.63. The maximum atomic E-state index is 5.62. The average molecular weight is 250 g/mol. The van der Waals surface area contributed by atoms with Gasteiger partial charge in [0, 0.05) is 25.0 Å². The van der Waals surface area contributed by atoms with Crippen LogP contribution in [-0.4, -0.2) is 32.8 Å². The Morgan fingerprint density at radius 3 is 2.67 bits per heavy atom. The van der Waals surface area contributed by atoms with E-state index >= 15 is 0 Å². The van der Waals surface area contributed by atoms with Gasteiger partial charge in [0.25, 0.3) is 0 Å². The van der Waals surface area contributed by atoms with Gasteiger partial charge in [0.15, 0.2) is 11.5 Å². The monoisotopic (exact) mass is 250 g/mol. The number of hydrogen-bond acceptors (Lipinski definition) is 4. The number of benzene rings is 1. The van der Waals surface area contributed by atoms with E-state index in [0.717, 1.165) is 24.6 Å². The Balaban J connectivity index is 2.11. The summed E-state index contributed by atoms with van der Waals surface area (Å²) in [5.41, 5.74) is 6.78. The SMILES string of the molecule is CC(C)(CNCCN)c1ccc2c(c1)OCCO2. The number of ether oxygens (including phenoxy) is 2. The van der Waals surface area contributed by atoms with Gasteiger partial charge in [-0.05, 0) is 17.7 Å². The zero-order valence-electron chi connectivity index (χ0n) is 11.2. The van der Waals surface area contributed by atoms with Crippen LogP contribution < -0.4 is 20.5 Å². The van der Waals surface area contributed by atoms with Gasteiger partial charge in [0.2, 0.25) is 0 Å².